The Labute approximate surface area is 312 Å². The summed E-state index contributed by atoms with van der Waals surface area (Å²) < 4.78 is 15.8. The Morgan fingerprint density at radius 3 is 2.45 bits per heavy atom. The van der Waals surface area contributed by atoms with E-state index >= 15 is 0 Å². The minimum Gasteiger partial charge on any atom is -0.496 e. The van der Waals surface area contributed by atoms with Gasteiger partial charge in [0.05, 0.1) is 47.2 Å². The molecule has 9 heteroatoms. The first-order chi connectivity index (χ1) is 25.7. The topological polar surface area (TPSA) is 98.6 Å². The third-order valence-electron chi connectivity index (χ3n) is 9.93. The molecule has 1 atom stereocenters. The number of aromatic nitrogens is 2. The van der Waals surface area contributed by atoms with Gasteiger partial charge in [0.2, 0.25) is 0 Å². The minimum atomic E-state index is -0.809. The molecule has 0 aliphatic carbocycles. The zero-order valence-corrected chi connectivity index (χ0v) is 31.5. The highest BCUT2D eigenvalue weighted by Gasteiger charge is 2.36. The number of rotatable bonds is 9. The van der Waals surface area contributed by atoms with Gasteiger partial charge in [0.25, 0.3) is 5.56 Å². The maximum atomic E-state index is 14.9. The van der Waals surface area contributed by atoms with Gasteiger partial charge in [0, 0.05) is 34.3 Å². The fourth-order valence-corrected chi connectivity index (χ4v) is 8.27. The van der Waals surface area contributed by atoms with E-state index in [0.717, 1.165) is 55.7 Å². The number of hydrogen-bond acceptors (Lipinski definition) is 7. The van der Waals surface area contributed by atoms with E-state index in [-0.39, 0.29) is 18.1 Å². The highest BCUT2D eigenvalue weighted by molar-refractivity contribution is 7.07. The second kappa shape index (κ2) is 14.6. The number of carbonyl (C=O) groups excluding carboxylic acids is 1. The van der Waals surface area contributed by atoms with E-state index in [2.05, 4.69) is 42.7 Å². The SMILES string of the molecule is CCOC(=O)C1=C(c2ccccc2)N=c2s/c(=C\c3c(C)n(Cc4ccccc4C#N)c4ccccc34)c(=O)n2C1c1cc(C(C)C)c(OC)cc1C. The van der Waals surface area contributed by atoms with Crippen LogP contribution in [-0.2, 0) is 16.1 Å². The zero-order chi connectivity index (χ0) is 37.4. The molecular weight excluding hydrogens is 681 g/mol. The number of nitrogens with zero attached hydrogens (tertiary/aromatic N) is 4. The number of ether oxygens (including phenoxy) is 2. The highest BCUT2D eigenvalue weighted by Crippen LogP contribution is 2.40. The quantitative estimate of drug-likeness (QED) is 0.144. The lowest BCUT2D eigenvalue weighted by Gasteiger charge is -2.28. The third-order valence-corrected chi connectivity index (χ3v) is 10.9. The zero-order valence-electron chi connectivity index (χ0n) is 30.6. The molecule has 0 saturated carbocycles. The van der Waals surface area contributed by atoms with Crippen LogP contribution in [0.4, 0.5) is 0 Å². The molecule has 0 saturated heterocycles. The summed E-state index contributed by atoms with van der Waals surface area (Å²) in [6, 6.07) is 30.9. The van der Waals surface area contributed by atoms with Gasteiger partial charge < -0.3 is 14.0 Å². The molecule has 1 aliphatic rings. The van der Waals surface area contributed by atoms with Crippen LogP contribution < -0.4 is 19.6 Å². The Morgan fingerprint density at radius 1 is 1.02 bits per heavy atom. The van der Waals surface area contributed by atoms with Crippen molar-refractivity contribution in [1.29, 1.82) is 5.26 Å². The van der Waals surface area contributed by atoms with Crippen LogP contribution in [0.3, 0.4) is 0 Å². The average molecular weight is 721 g/mol. The Kier molecular flexibility index (Phi) is 9.74. The molecule has 0 fully saturated rings. The van der Waals surface area contributed by atoms with Crippen LogP contribution in [0.15, 0.2) is 106 Å². The predicted molar refractivity (Wildman–Crippen MR) is 210 cm³/mol. The van der Waals surface area contributed by atoms with Gasteiger partial charge in [0.15, 0.2) is 4.80 Å². The number of thiazole rings is 1. The number of carbonyl (C=O) groups is 1. The van der Waals surface area contributed by atoms with Gasteiger partial charge in [0.1, 0.15) is 5.75 Å². The van der Waals surface area contributed by atoms with Crippen LogP contribution >= 0.6 is 11.3 Å². The van der Waals surface area contributed by atoms with Gasteiger partial charge in [-0.25, -0.2) is 9.79 Å². The van der Waals surface area contributed by atoms with Crippen LogP contribution in [0.25, 0.3) is 22.7 Å². The smallest absolute Gasteiger partial charge is 0.338 e. The van der Waals surface area contributed by atoms with Crippen molar-refractivity contribution < 1.29 is 14.3 Å². The summed E-state index contributed by atoms with van der Waals surface area (Å²) in [6.45, 7) is 10.7. The van der Waals surface area contributed by atoms with Crippen molar-refractivity contribution in [3.8, 4) is 11.8 Å². The van der Waals surface area contributed by atoms with Crippen LogP contribution in [0.5, 0.6) is 5.75 Å². The van der Waals surface area contributed by atoms with Gasteiger partial charge in [-0.05, 0) is 79.3 Å². The van der Waals surface area contributed by atoms with Crippen molar-refractivity contribution >= 4 is 40.0 Å². The second-order valence-corrected chi connectivity index (χ2v) is 14.4. The Hall–Kier alpha value is -5.98. The lowest BCUT2D eigenvalue weighted by atomic mass is 9.87. The van der Waals surface area contributed by atoms with E-state index in [4.69, 9.17) is 14.5 Å². The largest absolute Gasteiger partial charge is 0.496 e. The first-order valence-corrected chi connectivity index (χ1v) is 18.5. The van der Waals surface area contributed by atoms with E-state index in [1.165, 1.54) is 11.3 Å². The molecule has 3 heterocycles. The molecule has 0 spiro atoms. The first kappa shape index (κ1) is 35.4. The van der Waals surface area contributed by atoms with Gasteiger partial charge in [-0.1, -0.05) is 91.9 Å². The molecular formula is C44H40N4O4S. The maximum absolute atomic E-state index is 14.9. The van der Waals surface area contributed by atoms with E-state index in [0.29, 0.717) is 32.7 Å². The number of benzene rings is 4. The van der Waals surface area contributed by atoms with Crippen molar-refractivity contribution in [3.63, 3.8) is 0 Å². The van der Waals surface area contributed by atoms with Crippen LogP contribution in [0, 0.1) is 25.2 Å². The molecule has 6 aromatic rings. The number of aryl methyl sites for hydroxylation is 1. The Balaban J connectivity index is 1.52. The van der Waals surface area contributed by atoms with E-state index in [1.54, 1.807) is 18.6 Å². The molecule has 0 amide bonds. The van der Waals surface area contributed by atoms with Crippen LogP contribution in [0.1, 0.15) is 77.4 Å². The summed E-state index contributed by atoms with van der Waals surface area (Å²) in [6.07, 6.45) is 1.95. The summed E-state index contributed by atoms with van der Waals surface area (Å²) in [5, 5.41) is 10.8. The standard InChI is InChI=1S/C44H40N4O4S/c1-7-52-43(50)39-40(29-15-9-8-10-16-29)46-44-48(41(39)34-22-33(26(2)3)37(51-6)21-27(34)4)42(49)38(53-44)23-35-28(5)47(36-20-14-13-19-32(35)36)25-31-18-12-11-17-30(31)24-45/h8-23,26,41H,7,25H2,1-6H3/b38-23-. The molecule has 7 rings (SSSR count). The normalized spacial score (nSPS) is 14.3. The number of nitriles is 1. The predicted octanol–water partition coefficient (Wildman–Crippen LogP) is 7.56. The molecule has 0 bridgehead atoms. The fourth-order valence-electron chi connectivity index (χ4n) is 7.29. The monoisotopic (exact) mass is 720 g/mol. The number of esters is 1. The molecule has 1 unspecified atom stereocenters. The molecule has 0 radical (unpaired) electrons. The number of para-hydroxylation sites is 1. The van der Waals surface area contributed by atoms with Crippen LogP contribution in [-0.4, -0.2) is 28.8 Å². The minimum absolute atomic E-state index is 0.115. The summed E-state index contributed by atoms with van der Waals surface area (Å²) in [5.41, 5.74) is 8.36. The molecule has 8 nitrogen and oxygen atoms in total. The van der Waals surface area contributed by atoms with E-state index in [9.17, 15) is 14.9 Å². The lowest BCUT2D eigenvalue weighted by Crippen LogP contribution is -2.40. The molecule has 4 aromatic carbocycles. The van der Waals surface area contributed by atoms with Crippen molar-refractivity contribution in [1.82, 2.24) is 9.13 Å². The van der Waals surface area contributed by atoms with Crippen molar-refractivity contribution in [3.05, 3.63) is 161 Å². The highest BCUT2D eigenvalue weighted by atomic mass is 32.1. The molecule has 2 aromatic heterocycles. The average Bonchev–Trinajstić information content (AvgIpc) is 3.62. The first-order valence-electron chi connectivity index (χ1n) is 17.7. The van der Waals surface area contributed by atoms with Gasteiger partial charge in [-0.3, -0.25) is 9.36 Å². The maximum Gasteiger partial charge on any atom is 0.338 e. The molecule has 266 valence electrons. The summed E-state index contributed by atoms with van der Waals surface area (Å²) >= 11 is 1.31. The number of methoxy groups -OCH3 is 1. The Bertz CT molecular complexity index is 2660. The number of fused-ring (bicyclic) bond motifs is 2. The summed E-state index contributed by atoms with van der Waals surface area (Å²) in [4.78, 5) is 34.6. The number of hydrogen-bond donors (Lipinski definition) is 0. The summed E-state index contributed by atoms with van der Waals surface area (Å²) in [5.74, 6) is 0.347. The fraction of sp³-hybridized carbons (Fsp3) is 0.227. The van der Waals surface area contributed by atoms with Crippen molar-refractivity contribution in [2.75, 3.05) is 13.7 Å². The summed E-state index contributed by atoms with van der Waals surface area (Å²) in [7, 11) is 1.65. The third kappa shape index (κ3) is 6.30. The second-order valence-electron chi connectivity index (χ2n) is 13.4. The van der Waals surface area contributed by atoms with Crippen LogP contribution in [0.2, 0.25) is 0 Å². The van der Waals surface area contributed by atoms with Gasteiger partial charge in [-0.2, -0.15) is 5.26 Å². The molecule has 53 heavy (non-hydrogen) atoms. The molecule has 1 aliphatic heterocycles. The Morgan fingerprint density at radius 2 is 1.74 bits per heavy atom. The van der Waals surface area contributed by atoms with E-state index < -0.39 is 12.0 Å². The van der Waals surface area contributed by atoms with Gasteiger partial charge in [-0.15, -0.1) is 0 Å². The van der Waals surface area contributed by atoms with Crippen molar-refractivity contribution in [2.45, 2.75) is 53.1 Å². The van der Waals surface area contributed by atoms with Gasteiger partial charge >= 0.3 is 5.97 Å². The van der Waals surface area contributed by atoms with E-state index in [1.807, 2.05) is 92.7 Å². The van der Waals surface area contributed by atoms with Crippen molar-refractivity contribution in [2.24, 2.45) is 4.99 Å². The molecule has 0 N–H and O–H groups in total. The lowest BCUT2D eigenvalue weighted by molar-refractivity contribution is -0.138.